The Morgan fingerprint density at radius 3 is 3.00 bits per heavy atom. The lowest BCUT2D eigenvalue weighted by molar-refractivity contribution is -0.137. The predicted octanol–water partition coefficient (Wildman–Crippen LogP) is 0.948. The molecule has 1 rings (SSSR count). The molecular formula is C10H20N2OS. The lowest BCUT2D eigenvalue weighted by Crippen LogP contribution is -2.53. The van der Waals surface area contributed by atoms with E-state index in [1.165, 1.54) is 0 Å². The standard InChI is InChI=1S/C10H20N2OS/c1-8(7-14-3)12-6-4-5-9(11-2)10(12)13/h8-9,11H,4-7H2,1-3H3. The summed E-state index contributed by atoms with van der Waals surface area (Å²) in [4.78, 5) is 13.9. The fourth-order valence-corrected chi connectivity index (χ4v) is 2.60. The third-order valence-electron chi connectivity index (χ3n) is 2.76. The number of hydrogen-bond donors (Lipinski definition) is 1. The molecule has 14 heavy (non-hydrogen) atoms. The molecule has 1 fully saturated rings. The number of rotatable bonds is 4. The van der Waals surface area contributed by atoms with E-state index in [-0.39, 0.29) is 11.9 Å². The van der Waals surface area contributed by atoms with Crippen LogP contribution in [0.25, 0.3) is 0 Å². The van der Waals surface area contributed by atoms with Crippen LogP contribution >= 0.6 is 11.8 Å². The molecule has 4 heteroatoms. The quantitative estimate of drug-likeness (QED) is 0.759. The lowest BCUT2D eigenvalue weighted by Gasteiger charge is -2.36. The summed E-state index contributed by atoms with van der Waals surface area (Å²) in [5.74, 6) is 1.31. The molecule has 1 saturated heterocycles. The molecule has 2 atom stereocenters. The minimum Gasteiger partial charge on any atom is -0.338 e. The Labute approximate surface area is 90.6 Å². The number of nitrogens with one attached hydrogen (secondary N) is 1. The Bertz CT molecular complexity index is 199. The van der Waals surface area contributed by atoms with E-state index in [0.29, 0.717) is 6.04 Å². The maximum absolute atomic E-state index is 11.9. The van der Waals surface area contributed by atoms with E-state index in [2.05, 4.69) is 18.5 Å². The molecule has 1 heterocycles. The van der Waals surface area contributed by atoms with Gasteiger partial charge in [0, 0.05) is 18.3 Å². The number of piperidine rings is 1. The van der Waals surface area contributed by atoms with Crippen LogP contribution in [0.5, 0.6) is 0 Å². The first-order valence-corrected chi connectivity index (χ1v) is 6.56. The number of carbonyl (C=O) groups is 1. The molecule has 0 spiro atoms. The smallest absolute Gasteiger partial charge is 0.239 e. The molecule has 82 valence electrons. The van der Waals surface area contributed by atoms with Crippen LogP contribution in [0.4, 0.5) is 0 Å². The third-order valence-corrected chi connectivity index (χ3v) is 3.58. The zero-order chi connectivity index (χ0) is 10.6. The summed E-state index contributed by atoms with van der Waals surface area (Å²) in [5.41, 5.74) is 0. The van der Waals surface area contributed by atoms with Crippen molar-refractivity contribution in [3.8, 4) is 0 Å². The van der Waals surface area contributed by atoms with Crippen molar-refractivity contribution < 1.29 is 4.79 Å². The fraction of sp³-hybridized carbons (Fsp3) is 0.900. The highest BCUT2D eigenvalue weighted by atomic mass is 32.2. The van der Waals surface area contributed by atoms with Crippen molar-refractivity contribution in [3.63, 3.8) is 0 Å². The normalized spacial score (nSPS) is 25.2. The van der Waals surface area contributed by atoms with Crippen molar-refractivity contribution in [1.29, 1.82) is 0 Å². The summed E-state index contributed by atoms with van der Waals surface area (Å²) < 4.78 is 0. The van der Waals surface area contributed by atoms with Gasteiger partial charge in [0.15, 0.2) is 0 Å². The molecule has 0 saturated carbocycles. The van der Waals surface area contributed by atoms with Gasteiger partial charge in [0.2, 0.25) is 5.91 Å². The second-order valence-corrected chi connectivity index (χ2v) is 4.73. The van der Waals surface area contributed by atoms with Gasteiger partial charge in [-0.2, -0.15) is 11.8 Å². The van der Waals surface area contributed by atoms with Gasteiger partial charge in [0.1, 0.15) is 0 Å². The predicted molar refractivity (Wildman–Crippen MR) is 61.6 cm³/mol. The molecule has 0 aromatic rings. The molecule has 1 aliphatic heterocycles. The van der Waals surface area contributed by atoms with Crippen LogP contribution in [-0.4, -0.2) is 48.5 Å². The van der Waals surface area contributed by atoms with Crippen molar-refractivity contribution in [2.45, 2.75) is 31.8 Å². The van der Waals surface area contributed by atoms with Gasteiger partial charge in [0.05, 0.1) is 6.04 Å². The van der Waals surface area contributed by atoms with Gasteiger partial charge in [0.25, 0.3) is 0 Å². The molecule has 0 bridgehead atoms. The number of thioether (sulfide) groups is 1. The van der Waals surface area contributed by atoms with Crippen molar-refractivity contribution in [2.75, 3.05) is 25.6 Å². The average molecular weight is 216 g/mol. The Morgan fingerprint density at radius 1 is 1.71 bits per heavy atom. The summed E-state index contributed by atoms with van der Waals surface area (Å²) in [6.45, 7) is 3.06. The van der Waals surface area contributed by atoms with E-state index in [1.807, 2.05) is 11.9 Å². The number of nitrogens with zero attached hydrogens (tertiary/aromatic N) is 1. The molecule has 0 radical (unpaired) electrons. The maximum Gasteiger partial charge on any atom is 0.239 e. The summed E-state index contributed by atoms with van der Waals surface area (Å²) in [6, 6.07) is 0.418. The Balaban J connectivity index is 2.55. The van der Waals surface area contributed by atoms with E-state index >= 15 is 0 Å². The van der Waals surface area contributed by atoms with Crippen molar-refractivity contribution in [3.05, 3.63) is 0 Å². The summed E-state index contributed by atoms with van der Waals surface area (Å²) in [5, 5.41) is 3.08. The van der Waals surface area contributed by atoms with Crippen LogP contribution in [0.1, 0.15) is 19.8 Å². The molecular weight excluding hydrogens is 196 g/mol. The highest BCUT2D eigenvalue weighted by molar-refractivity contribution is 7.98. The van der Waals surface area contributed by atoms with Crippen LogP contribution in [0, 0.1) is 0 Å². The van der Waals surface area contributed by atoms with Gasteiger partial charge < -0.3 is 10.2 Å². The molecule has 2 unspecified atom stereocenters. The van der Waals surface area contributed by atoms with Gasteiger partial charge in [-0.15, -0.1) is 0 Å². The van der Waals surface area contributed by atoms with Crippen LogP contribution in [-0.2, 0) is 4.79 Å². The lowest BCUT2D eigenvalue weighted by atomic mass is 10.0. The number of carbonyl (C=O) groups excluding carboxylic acids is 1. The molecule has 1 aliphatic rings. The second-order valence-electron chi connectivity index (χ2n) is 3.82. The third kappa shape index (κ3) is 2.64. The fourth-order valence-electron chi connectivity index (χ4n) is 1.94. The topological polar surface area (TPSA) is 32.3 Å². The Morgan fingerprint density at radius 2 is 2.43 bits per heavy atom. The summed E-state index contributed by atoms with van der Waals surface area (Å²) in [7, 11) is 1.87. The highest BCUT2D eigenvalue weighted by Gasteiger charge is 2.29. The molecule has 0 aromatic carbocycles. The van der Waals surface area contributed by atoms with Gasteiger partial charge in [-0.3, -0.25) is 4.79 Å². The summed E-state index contributed by atoms with van der Waals surface area (Å²) >= 11 is 1.80. The van der Waals surface area contributed by atoms with Crippen LogP contribution in [0.15, 0.2) is 0 Å². The minimum atomic E-state index is 0.0491. The van der Waals surface area contributed by atoms with E-state index in [0.717, 1.165) is 25.1 Å². The molecule has 1 N–H and O–H groups in total. The van der Waals surface area contributed by atoms with Gasteiger partial charge >= 0.3 is 0 Å². The summed E-state index contributed by atoms with van der Waals surface area (Å²) in [6.07, 6.45) is 4.19. The second kappa shape index (κ2) is 5.61. The Hall–Kier alpha value is -0.220. The van der Waals surface area contributed by atoms with Crippen LogP contribution < -0.4 is 5.32 Å². The SMILES string of the molecule is CNC1CCCN(C(C)CSC)C1=O. The number of likely N-dealkylation sites (tertiary alicyclic amines) is 1. The first-order chi connectivity index (χ1) is 6.70. The molecule has 1 amide bonds. The first-order valence-electron chi connectivity index (χ1n) is 5.17. The van der Waals surface area contributed by atoms with Crippen LogP contribution in [0.2, 0.25) is 0 Å². The van der Waals surface area contributed by atoms with Crippen molar-refractivity contribution >= 4 is 17.7 Å². The average Bonchev–Trinajstić information content (AvgIpc) is 2.18. The van der Waals surface area contributed by atoms with Gasteiger partial charge in [-0.1, -0.05) is 0 Å². The van der Waals surface area contributed by atoms with Crippen molar-refractivity contribution in [1.82, 2.24) is 10.2 Å². The highest BCUT2D eigenvalue weighted by Crippen LogP contribution is 2.16. The van der Waals surface area contributed by atoms with Crippen molar-refractivity contribution in [2.24, 2.45) is 0 Å². The molecule has 0 aliphatic carbocycles. The maximum atomic E-state index is 11.9. The number of likely N-dealkylation sites (N-methyl/N-ethyl adjacent to an activating group) is 1. The number of hydrogen-bond acceptors (Lipinski definition) is 3. The zero-order valence-electron chi connectivity index (χ0n) is 9.25. The van der Waals surface area contributed by atoms with E-state index in [4.69, 9.17) is 0 Å². The van der Waals surface area contributed by atoms with E-state index in [9.17, 15) is 4.79 Å². The van der Waals surface area contributed by atoms with Crippen LogP contribution in [0.3, 0.4) is 0 Å². The van der Waals surface area contributed by atoms with Gasteiger partial charge in [-0.25, -0.2) is 0 Å². The minimum absolute atomic E-state index is 0.0491. The van der Waals surface area contributed by atoms with E-state index in [1.54, 1.807) is 11.8 Å². The largest absolute Gasteiger partial charge is 0.338 e. The number of amides is 1. The molecule has 3 nitrogen and oxygen atoms in total. The first kappa shape index (κ1) is 11.9. The molecule has 0 aromatic heterocycles. The monoisotopic (exact) mass is 216 g/mol. The Kier molecular flexibility index (Phi) is 4.75. The van der Waals surface area contributed by atoms with Gasteiger partial charge in [-0.05, 0) is 33.1 Å². The van der Waals surface area contributed by atoms with E-state index < -0.39 is 0 Å². The zero-order valence-corrected chi connectivity index (χ0v) is 10.1.